The first-order chi connectivity index (χ1) is 9.48. The topological polar surface area (TPSA) is 62.5 Å². The molecule has 1 saturated carbocycles. The number of nitrogens with zero attached hydrogens (tertiary/aromatic N) is 3. The first-order valence-corrected chi connectivity index (χ1v) is 7.22. The summed E-state index contributed by atoms with van der Waals surface area (Å²) in [6.07, 6.45) is 9.10. The first-order valence-electron chi connectivity index (χ1n) is 7.22. The van der Waals surface area contributed by atoms with E-state index in [2.05, 4.69) is 29.2 Å². The lowest BCUT2D eigenvalue weighted by atomic mass is 9.71. The van der Waals surface area contributed by atoms with Crippen LogP contribution >= 0.6 is 0 Å². The van der Waals surface area contributed by atoms with Gasteiger partial charge in [-0.1, -0.05) is 13.8 Å². The molecule has 0 aliphatic heterocycles. The maximum atomic E-state index is 10.7. The predicted molar refractivity (Wildman–Crippen MR) is 78.7 cm³/mol. The Hall–Kier alpha value is -1.62. The molecule has 1 aliphatic carbocycles. The second-order valence-corrected chi connectivity index (χ2v) is 6.68. The Kier molecular flexibility index (Phi) is 3.17. The molecule has 1 fully saturated rings. The Bertz CT molecular complexity index is 595. The number of aliphatic hydroxyl groups is 1. The molecule has 0 atom stereocenters. The number of anilines is 1. The lowest BCUT2D eigenvalue weighted by Gasteiger charge is -2.40. The van der Waals surface area contributed by atoms with Crippen molar-refractivity contribution in [3.8, 4) is 0 Å². The standard InChI is InChI=1S/C15H22N4O/c1-14(2)4-6-15(20,7-5-14)11-17-13-12-3-8-18-19(12)10-9-16-13/h3,8-10,20H,4-7,11H2,1-2H3,(H,16,17). The molecule has 5 nitrogen and oxygen atoms in total. The Morgan fingerprint density at radius 2 is 2.00 bits per heavy atom. The van der Waals surface area contributed by atoms with E-state index in [0.717, 1.165) is 37.0 Å². The van der Waals surface area contributed by atoms with Crippen LogP contribution in [0, 0.1) is 5.41 Å². The fraction of sp³-hybridized carbons (Fsp3) is 0.600. The number of rotatable bonds is 3. The van der Waals surface area contributed by atoms with Crippen molar-refractivity contribution >= 4 is 11.3 Å². The van der Waals surface area contributed by atoms with Gasteiger partial charge in [-0.05, 0) is 37.2 Å². The highest BCUT2D eigenvalue weighted by Crippen LogP contribution is 2.40. The van der Waals surface area contributed by atoms with Crippen LogP contribution < -0.4 is 5.32 Å². The molecule has 0 aromatic carbocycles. The van der Waals surface area contributed by atoms with E-state index in [1.54, 1.807) is 16.9 Å². The van der Waals surface area contributed by atoms with Crippen LogP contribution in [0.3, 0.4) is 0 Å². The molecule has 108 valence electrons. The van der Waals surface area contributed by atoms with E-state index < -0.39 is 5.60 Å². The molecule has 0 amide bonds. The molecule has 1 aliphatic rings. The lowest BCUT2D eigenvalue weighted by Crippen LogP contribution is -2.42. The van der Waals surface area contributed by atoms with Gasteiger partial charge in [0.05, 0.1) is 11.8 Å². The van der Waals surface area contributed by atoms with Gasteiger partial charge >= 0.3 is 0 Å². The molecular formula is C15H22N4O. The van der Waals surface area contributed by atoms with Crippen LogP contribution in [-0.2, 0) is 0 Å². The fourth-order valence-corrected chi connectivity index (χ4v) is 2.81. The molecule has 0 bridgehead atoms. The zero-order valence-corrected chi connectivity index (χ0v) is 12.1. The molecule has 0 spiro atoms. The van der Waals surface area contributed by atoms with Gasteiger partial charge < -0.3 is 10.4 Å². The SMILES string of the molecule is CC1(C)CCC(O)(CNc2nccn3nccc23)CC1. The van der Waals surface area contributed by atoms with Crippen molar-refractivity contribution in [3.63, 3.8) is 0 Å². The highest BCUT2D eigenvalue weighted by molar-refractivity contribution is 5.66. The number of nitrogens with one attached hydrogen (secondary N) is 1. The van der Waals surface area contributed by atoms with E-state index in [1.165, 1.54) is 0 Å². The summed E-state index contributed by atoms with van der Waals surface area (Å²) in [6.45, 7) is 5.09. The normalized spacial score (nSPS) is 20.9. The summed E-state index contributed by atoms with van der Waals surface area (Å²) < 4.78 is 1.78. The molecule has 2 aromatic rings. The molecule has 3 rings (SSSR count). The number of hydrogen-bond donors (Lipinski definition) is 2. The largest absolute Gasteiger partial charge is 0.388 e. The molecule has 0 saturated heterocycles. The van der Waals surface area contributed by atoms with Crippen LogP contribution in [0.15, 0.2) is 24.7 Å². The summed E-state index contributed by atoms with van der Waals surface area (Å²) in [7, 11) is 0. The van der Waals surface area contributed by atoms with Crippen molar-refractivity contribution in [1.82, 2.24) is 14.6 Å². The molecule has 0 radical (unpaired) electrons. The smallest absolute Gasteiger partial charge is 0.152 e. The molecule has 2 heterocycles. The minimum Gasteiger partial charge on any atom is -0.388 e. The van der Waals surface area contributed by atoms with Gasteiger partial charge in [-0.25, -0.2) is 9.50 Å². The van der Waals surface area contributed by atoms with Crippen molar-refractivity contribution in [2.75, 3.05) is 11.9 Å². The highest BCUT2D eigenvalue weighted by Gasteiger charge is 2.36. The van der Waals surface area contributed by atoms with Gasteiger partial charge in [-0.3, -0.25) is 0 Å². The molecule has 2 N–H and O–H groups in total. The van der Waals surface area contributed by atoms with Crippen LogP contribution in [0.1, 0.15) is 39.5 Å². The zero-order valence-electron chi connectivity index (χ0n) is 12.1. The van der Waals surface area contributed by atoms with Gasteiger partial charge in [0.15, 0.2) is 5.82 Å². The monoisotopic (exact) mass is 274 g/mol. The van der Waals surface area contributed by atoms with Crippen LogP contribution in [0.25, 0.3) is 5.52 Å². The quantitative estimate of drug-likeness (QED) is 0.902. The minimum absolute atomic E-state index is 0.357. The summed E-state index contributed by atoms with van der Waals surface area (Å²) in [5.74, 6) is 0.781. The molecule has 2 aromatic heterocycles. The van der Waals surface area contributed by atoms with Gasteiger partial charge in [-0.2, -0.15) is 5.10 Å². The summed E-state index contributed by atoms with van der Waals surface area (Å²) >= 11 is 0. The Labute approximate surface area is 119 Å². The number of aromatic nitrogens is 3. The average Bonchev–Trinajstić information content (AvgIpc) is 2.89. The van der Waals surface area contributed by atoms with Gasteiger partial charge in [0.1, 0.15) is 5.52 Å². The van der Waals surface area contributed by atoms with E-state index in [-0.39, 0.29) is 0 Å². The third kappa shape index (κ3) is 2.63. The third-order valence-corrected chi connectivity index (χ3v) is 4.44. The number of hydrogen-bond acceptors (Lipinski definition) is 4. The molecule has 0 unspecified atom stereocenters. The van der Waals surface area contributed by atoms with Crippen molar-refractivity contribution in [3.05, 3.63) is 24.7 Å². The Morgan fingerprint density at radius 3 is 2.75 bits per heavy atom. The highest BCUT2D eigenvalue weighted by atomic mass is 16.3. The maximum absolute atomic E-state index is 10.7. The van der Waals surface area contributed by atoms with E-state index in [1.807, 2.05) is 12.3 Å². The zero-order chi connectivity index (χ0) is 14.2. The van der Waals surface area contributed by atoms with Gasteiger partial charge in [-0.15, -0.1) is 0 Å². The van der Waals surface area contributed by atoms with E-state index in [4.69, 9.17) is 0 Å². The summed E-state index contributed by atoms with van der Waals surface area (Å²) in [5, 5.41) is 18.1. The average molecular weight is 274 g/mol. The van der Waals surface area contributed by atoms with Crippen molar-refractivity contribution in [2.45, 2.75) is 45.1 Å². The predicted octanol–water partition coefficient (Wildman–Crippen LogP) is 2.47. The summed E-state index contributed by atoms with van der Waals surface area (Å²) in [6, 6.07) is 1.92. The van der Waals surface area contributed by atoms with Crippen LogP contribution in [0.2, 0.25) is 0 Å². The summed E-state index contributed by atoms with van der Waals surface area (Å²) in [4.78, 5) is 4.34. The lowest BCUT2D eigenvalue weighted by molar-refractivity contribution is -0.0145. The van der Waals surface area contributed by atoms with E-state index >= 15 is 0 Å². The van der Waals surface area contributed by atoms with Crippen molar-refractivity contribution in [1.29, 1.82) is 0 Å². The van der Waals surface area contributed by atoms with Gasteiger partial charge in [0, 0.05) is 18.9 Å². The molecule has 5 heteroatoms. The fourth-order valence-electron chi connectivity index (χ4n) is 2.81. The van der Waals surface area contributed by atoms with Crippen molar-refractivity contribution in [2.24, 2.45) is 5.41 Å². The second kappa shape index (κ2) is 4.74. The van der Waals surface area contributed by atoms with Crippen molar-refractivity contribution < 1.29 is 5.11 Å². The van der Waals surface area contributed by atoms with E-state index in [9.17, 15) is 5.11 Å². The Balaban J connectivity index is 1.69. The second-order valence-electron chi connectivity index (χ2n) is 6.68. The van der Waals surface area contributed by atoms with Crippen LogP contribution in [0.4, 0.5) is 5.82 Å². The molecular weight excluding hydrogens is 252 g/mol. The third-order valence-electron chi connectivity index (χ3n) is 4.44. The van der Waals surface area contributed by atoms with E-state index in [0.29, 0.717) is 12.0 Å². The number of fused-ring (bicyclic) bond motifs is 1. The molecule has 20 heavy (non-hydrogen) atoms. The van der Waals surface area contributed by atoms with Crippen LogP contribution in [-0.4, -0.2) is 31.9 Å². The minimum atomic E-state index is -0.621. The van der Waals surface area contributed by atoms with Gasteiger partial charge in [0.25, 0.3) is 0 Å². The van der Waals surface area contributed by atoms with Crippen LogP contribution in [0.5, 0.6) is 0 Å². The first kappa shape index (κ1) is 13.4. The Morgan fingerprint density at radius 1 is 1.25 bits per heavy atom. The summed E-state index contributed by atoms with van der Waals surface area (Å²) in [5.41, 5.74) is 0.673. The van der Waals surface area contributed by atoms with Gasteiger partial charge in [0.2, 0.25) is 0 Å². The maximum Gasteiger partial charge on any atom is 0.152 e.